The molecule has 0 saturated heterocycles. The Morgan fingerprint density at radius 2 is 2.00 bits per heavy atom. The summed E-state index contributed by atoms with van der Waals surface area (Å²) in [7, 11) is -3.81. The number of carbonyl (C=O) groups excluding carboxylic acids is 1. The van der Waals surface area contributed by atoms with Gasteiger partial charge in [-0.3, -0.25) is 9.52 Å². The molecule has 0 aromatic heterocycles. The summed E-state index contributed by atoms with van der Waals surface area (Å²) in [5.74, 6) is -0.109. The highest BCUT2D eigenvalue weighted by Gasteiger charge is 2.27. The number of rotatable bonds is 3. The maximum absolute atomic E-state index is 12.7. The van der Waals surface area contributed by atoms with Crippen LogP contribution in [0.3, 0.4) is 0 Å². The standard InChI is InChI=1S/C17H17ClN2O3S2/c1-11-10-20(12(2)21)16-9-13(7-8-17(16)24-11)25(22,23)19-15-6-4-3-5-14(15)18/h3-9,11,19H,10H2,1-2H3/t11-/m1/s1. The summed E-state index contributed by atoms with van der Waals surface area (Å²) < 4.78 is 27.9. The van der Waals surface area contributed by atoms with E-state index in [2.05, 4.69) is 4.72 Å². The maximum Gasteiger partial charge on any atom is 0.262 e. The molecular weight excluding hydrogens is 380 g/mol. The number of amides is 1. The molecule has 2 aromatic carbocycles. The van der Waals surface area contributed by atoms with Crippen LogP contribution in [0.2, 0.25) is 5.02 Å². The van der Waals surface area contributed by atoms with Gasteiger partial charge in [-0.15, -0.1) is 11.8 Å². The second kappa shape index (κ2) is 6.90. The molecular formula is C17H17ClN2O3S2. The van der Waals surface area contributed by atoms with E-state index < -0.39 is 10.0 Å². The molecule has 0 aliphatic carbocycles. The predicted octanol–water partition coefficient (Wildman–Crippen LogP) is 3.99. The van der Waals surface area contributed by atoms with Crippen molar-refractivity contribution in [1.82, 2.24) is 0 Å². The molecule has 1 amide bonds. The number of para-hydroxylation sites is 1. The third-order valence-corrected chi connectivity index (χ3v) is 6.64. The van der Waals surface area contributed by atoms with E-state index in [-0.39, 0.29) is 16.1 Å². The monoisotopic (exact) mass is 396 g/mol. The molecule has 132 valence electrons. The van der Waals surface area contributed by atoms with Gasteiger partial charge in [-0.1, -0.05) is 30.7 Å². The Morgan fingerprint density at radius 3 is 2.68 bits per heavy atom. The van der Waals surface area contributed by atoms with E-state index >= 15 is 0 Å². The van der Waals surface area contributed by atoms with Crippen molar-refractivity contribution < 1.29 is 13.2 Å². The molecule has 8 heteroatoms. The number of benzene rings is 2. The Morgan fingerprint density at radius 1 is 1.28 bits per heavy atom. The number of thioether (sulfide) groups is 1. The summed E-state index contributed by atoms with van der Waals surface area (Å²) in [5.41, 5.74) is 0.936. The molecule has 0 bridgehead atoms. The van der Waals surface area contributed by atoms with E-state index in [1.165, 1.54) is 13.0 Å². The van der Waals surface area contributed by atoms with Gasteiger partial charge in [0.25, 0.3) is 10.0 Å². The summed E-state index contributed by atoms with van der Waals surface area (Å²) in [6.45, 7) is 4.07. The lowest BCUT2D eigenvalue weighted by atomic mass is 10.2. The van der Waals surface area contributed by atoms with Crippen LogP contribution in [0.15, 0.2) is 52.3 Å². The summed E-state index contributed by atoms with van der Waals surface area (Å²) in [6, 6.07) is 11.5. The Labute approximate surface area is 156 Å². The number of anilines is 2. The number of hydrogen-bond donors (Lipinski definition) is 1. The summed E-state index contributed by atoms with van der Waals surface area (Å²) in [4.78, 5) is 14.5. The van der Waals surface area contributed by atoms with Crippen LogP contribution in [0.25, 0.3) is 0 Å². The van der Waals surface area contributed by atoms with Crippen molar-refractivity contribution in [1.29, 1.82) is 0 Å². The lowest BCUT2D eigenvalue weighted by molar-refractivity contribution is -0.116. The number of nitrogens with one attached hydrogen (secondary N) is 1. The molecule has 25 heavy (non-hydrogen) atoms. The minimum Gasteiger partial charge on any atom is -0.310 e. The molecule has 3 rings (SSSR count). The highest BCUT2D eigenvalue weighted by Crippen LogP contribution is 2.40. The molecule has 1 aliphatic heterocycles. The lowest BCUT2D eigenvalue weighted by Crippen LogP contribution is -2.37. The van der Waals surface area contributed by atoms with Crippen LogP contribution < -0.4 is 9.62 Å². The van der Waals surface area contributed by atoms with Crippen LogP contribution in [-0.4, -0.2) is 26.1 Å². The average Bonchev–Trinajstić information content (AvgIpc) is 2.55. The SMILES string of the molecule is CC(=O)N1C[C@@H](C)Sc2ccc(S(=O)(=O)Nc3ccccc3Cl)cc21. The van der Waals surface area contributed by atoms with Crippen LogP contribution in [-0.2, 0) is 14.8 Å². The number of sulfonamides is 1. The van der Waals surface area contributed by atoms with Crippen molar-refractivity contribution in [3.63, 3.8) is 0 Å². The normalized spacial score (nSPS) is 17.1. The third-order valence-electron chi connectivity index (χ3n) is 3.80. The summed E-state index contributed by atoms with van der Waals surface area (Å²) in [5, 5.41) is 0.568. The number of halogens is 1. The van der Waals surface area contributed by atoms with Crippen molar-refractivity contribution in [2.24, 2.45) is 0 Å². The molecule has 1 aliphatic rings. The highest BCUT2D eigenvalue weighted by atomic mass is 35.5. The second-order valence-electron chi connectivity index (χ2n) is 5.77. The Balaban J connectivity index is 2.00. The minimum atomic E-state index is -3.81. The first-order valence-corrected chi connectivity index (χ1v) is 10.4. The van der Waals surface area contributed by atoms with Crippen LogP contribution >= 0.6 is 23.4 Å². The van der Waals surface area contributed by atoms with Gasteiger partial charge in [0.05, 0.1) is 21.3 Å². The molecule has 1 heterocycles. The average molecular weight is 397 g/mol. The van der Waals surface area contributed by atoms with E-state index in [0.717, 1.165) is 4.90 Å². The minimum absolute atomic E-state index is 0.0903. The van der Waals surface area contributed by atoms with Crippen molar-refractivity contribution >= 4 is 50.7 Å². The Hall–Kier alpha value is -1.70. The van der Waals surface area contributed by atoms with Gasteiger partial charge in [-0.05, 0) is 30.3 Å². The van der Waals surface area contributed by atoms with E-state index in [1.54, 1.807) is 53.1 Å². The fourth-order valence-electron chi connectivity index (χ4n) is 2.63. The van der Waals surface area contributed by atoms with Gasteiger partial charge in [-0.25, -0.2) is 8.42 Å². The fraction of sp³-hybridized carbons (Fsp3) is 0.235. The van der Waals surface area contributed by atoms with E-state index in [0.29, 0.717) is 22.9 Å². The highest BCUT2D eigenvalue weighted by molar-refractivity contribution is 8.00. The fourth-order valence-corrected chi connectivity index (χ4v) is 5.06. The molecule has 0 radical (unpaired) electrons. The number of carbonyl (C=O) groups is 1. The number of nitrogens with zero attached hydrogens (tertiary/aromatic N) is 1. The summed E-state index contributed by atoms with van der Waals surface area (Å²) in [6.07, 6.45) is 0. The van der Waals surface area contributed by atoms with Gasteiger partial charge < -0.3 is 4.90 Å². The lowest BCUT2D eigenvalue weighted by Gasteiger charge is -2.32. The molecule has 0 spiro atoms. The number of hydrogen-bond acceptors (Lipinski definition) is 4. The number of fused-ring (bicyclic) bond motifs is 1. The van der Waals surface area contributed by atoms with Crippen molar-refractivity contribution in [2.75, 3.05) is 16.2 Å². The van der Waals surface area contributed by atoms with Crippen LogP contribution in [0.4, 0.5) is 11.4 Å². The smallest absolute Gasteiger partial charge is 0.262 e. The quantitative estimate of drug-likeness (QED) is 0.851. The molecule has 1 atom stereocenters. The second-order valence-corrected chi connectivity index (χ2v) is 9.34. The molecule has 0 saturated carbocycles. The van der Waals surface area contributed by atoms with Gasteiger partial charge in [-0.2, -0.15) is 0 Å². The Kier molecular flexibility index (Phi) is 4.99. The van der Waals surface area contributed by atoms with Crippen molar-refractivity contribution in [2.45, 2.75) is 28.9 Å². The van der Waals surface area contributed by atoms with Gasteiger partial charge in [0, 0.05) is 23.6 Å². The maximum atomic E-state index is 12.7. The van der Waals surface area contributed by atoms with Crippen molar-refractivity contribution in [3.05, 3.63) is 47.5 Å². The topological polar surface area (TPSA) is 66.5 Å². The van der Waals surface area contributed by atoms with Gasteiger partial charge in [0.2, 0.25) is 5.91 Å². The molecule has 0 unspecified atom stereocenters. The first kappa shape index (κ1) is 18.1. The van der Waals surface area contributed by atoms with E-state index in [9.17, 15) is 13.2 Å². The molecule has 1 N–H and O–H groups in total. The Bertz CT molecular complexity index is 931. The molecule has 0 fully saturated rings. The van der Waals surface area contributed by atoms with Crippen LogP contribution in [0.1, 0.15) is 13.8 Å². The van der Waals surface area contributed by atoms with E-state index in [1.807, 2.05) is 6.92 Å². The largest absolute Gasteiger partial charge is 0.310 e. The van der Waals surface area contributed by atoms with Crippen molar-refractivity contribution in [3.8, 4) is 0 Å². The molecule has 2 aromatic rings. The molecule has 5 nitrogen and oxygen atoms in total. The van der Waals surface area contributed by atoms with E-state index in [4.69, 9.17) is 11.6 Å². The van der Waals surface area contributed by atoms with Crippen LogP contribution in [0, 0.1) is 0 Å². The predicted molar refractivity (Wildman–Crippen MR) is 102 cm³/mol. The van der Waals surface area contributed by atoms with Gasteiger partial charge >= 0.3 is 0 Å². The zero-order chi connectivity index (χ0) is 18.2. The first-order chi connectivity index (χ1) is 11.8. The third kappa shape index (κ3) is 3.78. The van der Waals surface area contributed by atoms with Gasteiger partial charge in [0.15, 0.2) is 0 Å². The van der Waals surface area contributed by atoms with Gasteiger partial charge in [0.1, 0.15) is 0 Å². The van der Waals surface area contributed by atoms with Crippen LogP contribution in [0.5, 0.6) is 0 Å². The first-order valence-electron chi connectivity index (χ1n) is 7.64. The zero-order valence-corrected chi connectivity index (χ0v) is 16.1. The summed E-state index contributed by atoms with van der Waals surface area (Å²) >= 11 is 7.66. The zero-order valence-electron chi connectivity index (χ0n) is 13.7.